The zero-order chi connectivity index (χ0) is 17.4. The largest absolute Gasteiger partial charge is 0.484 e. The number of rotatable bonds is 2. The van der Waals surface area contributed by atoms with Crippen molar-refractivity contribution < 1.29 is 9.53 Å². The maximum Gasteiger partial charge on any atom is 0.278 e. The molecule has 0 N–H and O–H groups in total. The van der Waals surface area contributed by atoms with E-state index in [4.69, 9.17) is 4.74 Å². The van der Waals surface area contributed by atoms with Gasteiger partial charge in [0.1, 0.15) is 27.7 Å². The zero-order valence-electron chi connectivity index (χ0n) is 13.8. The Morgan fingerprint density at radius 2 is 2.12 bits per heavy atom. The molecule has 0 fully saturated rings. The topological polar surface area (TPSA) is 68.2 Å². The van der Waals surface area contributed by atoms with Crippen LogP contribution in [0.4, 0.5) is 5.69 Å². The summed E-state index contributed by atoms with van der Waals surface area (Å²) in [6, 6.07) is 7.56. The predicted octanol–water partition coefficient (Wildman–Crippen LogP) is 3.42. The minimum Gasteiger partial charge on any atom is -0.484 e. The van der Waals surface area contributed by atoms with Crippen LogP contribution < -0.4 is 9.64 Å². The first-order valence-electron chi connectivity index (χ1n) is 7.85. The van der Waals surface area contributed by atoms with Crippen molar-refractivity contribution in [3.63, 3.8) is 0 Å². The Morgan fingerprint density at radius 3 is 2.92 bits per heavy atom. The summed E-state index contributed by atoms with van der Waals surface area (Å²) in [6.45, 7) is 4.39. The molecule has 1 aliphatic heterocycles. The minimum absolute atomic E-state index is 0.143. The van der Waals surface area contributed by atoms with Gasteiger partial charge in [-0.15, -0.1) is 11.3 Å². The molecule has 0 bridgehead atoms. The fraction of sp³-hybridized carbons (Fsp3) is 0.222. The highest BCUT2D eigenvalue weighted by atomic mass is 32.1. The van der Waals surface area contributed by atoms with Crippen molar-refractivity contribution in [3.05, 3.63) is 53.9 Å². The molecule has 0 atom stereocenters. The number of nitrogens with zero attached hydrogens (tertiary/aromatic N) is 4. The number of aromatic nitrogens is 3. The fourth-order valence-corrected chi connectivity index (χ4v) is 3.53. The zero-order valence-corrected chi connectivity index (χ0v) is 14.7. The summed E-state index contributed by atoms with van der Waals surface area (Å²) in [5.74, 6) is 0.562. The predicted molar refractivity (Wildman–Crippen MR) is 96.0 cm³/mol. The van der Waals surface area contributed by atoms with Gasteiger partial charge in [-0.1, -0.05) is 12.1 Å². The van der Waals surface area contributed by atoms with Crippen molar-refractivity contribution >= 4 is 22.9 Å². The number of thiazole rings is 1. The molecule has 0 spiro atoms. The number of anilines is 1. The average Bonchev–Trinajstić information content (AvgIpc) is 3.10. The van der Waals surface area contributed by atoms with Crippen molar-refractivity contribution in [2.45, 2.75) is 19.4 Å². The number of benzene rings is 1. The monoisotopic (exact) mass is 352 g/mol. The lowest BCUT2D eigenvalue weighted by Gasteiger charge is -2.39. The van der Waals surface area contributed by atoms with Crippen LogP contribution in [-0.2, 0) is 0 Å². The Hall–Kier alpha value is -2.80. The number of para-hydroxylation sites is 2. The smallest absolute Gasteiger partial charge is 0.278 e. The summed E-state index contributed by atoms with van der Waals surface area (Å²) in [6.07, 6.45) is 4.86. The van der Waals surface area contributed by atoms with E-state index < -0.39 is 5.60 Å². The quantitative estimate of drug-likeness (QED) is 0.707. The van der Waals surface area contributed by atoms with Gasteiger partial charge < -0.3 is 4.74 Å². The number of hydrogen-bond acceptors (Lipinski definition) is 6. The summed E-state index contributed by atoms with van der Waals surface area (Å²) in [5, 5.41) is 2.44. The summed E-state index contributed by atoms with van der Waals surface area (Å²) in [5.41, 5.74) is 1.36. The Bertz CT molecular complexity index is 924. The summed E-state index contributed by atoms with van der Waals surface area (Å²) < 4.78 is 5.98. The molecule has 7 heteroatoms. The standard InChI is InChI=1S/C18H16N4O2S/c1-18(2)11-22(14-5-3-4-6-15(14)24-18)17(23)13-10-25-16(21-13)12-9-19-7-8-20-12/h3-10H,11H2,1-2H3. The third kappa shape index (κ3) is 2.98. The molecule has 25 heavy (non-hydrogen) atoms. The molecular weight excluding hydrogens is 336 g/mol. The lowest BCUT2D eigenvalue weighted by Crippen LogP contribution is -2.49. The number of amides is 1. The van der Waals surface area contributed by atoms with E-state index in [1.807, 2.05) is 38.1 Å². The summed E-state index contributed by atoms with van der Waals surface area (Å²) >= 11 is 1.38. The SMILES string of the molecule is CC1(C)CN(C(=O)c2csc(-c3cnccn3)n2)c2ccccc2O1. The van der Waals surface area contributed by atoms with Gasteiger partial charge in [0, 0.05) is 17.8 Å². The molecule has 0 radical (unpaired) electrons. The van der Waals surface area contributed by atoms with Gasteiger partial charge in [-0.05, 0) is 26.0 Å². The van der Waals surface area contributed by atoms with Gasteiger partial charge in [0.25, 0.3) is 5.91 Å². The Morgan fingerprint density at radius 1 is 1.28 bits per heavy atom. The van der Waals surface area contributed by atoms with Crippen LogP contribution in [0.1, 0.15) is 24.3 Å². The molecule has 6 nitrogen and oxygen atoms in total. The Labute approximate surface area is 149 Å². The van der Waals surface area contributed by atoms with Crippen LogP contribution in [0.3, 0.4) is 0 Å². The average molecular weight is 352 g/mol. The first-order chi connectivity index (χ1) is 12.0. The van der Waals surface area contributed by atoms with E-state index in [1.165, 1.54) is 11.3 Å². The second kappa shape index (κ2) is 5.93. The van der Waals surface area contributed by atoms with Crippen molar-refractivity contribution in [2.75, 3.05) is 11.4 Å². The second-order valence-electron chi connectivity index (χ2n) is 6.35. The van der Waals surface area contributed by atoms with E-state index in [9.17, 15) is 4.79 Å². The lowest BCUT2D eigenvalue weighted by atomic mass is 10.0. The third-order valence-electron chi connectivity index (χ3n) is 3.83. The number of ether oxygens (including phenoxy) is 1. The highest BCUT2D eigenvalue weighted by Crippen LogP contribution is 2.37. The first-order valence-corrected chi connectivity index (χ1v) is 8.73. The van der Waals surface area contributed by atoms with Crippen LogP contribution in [-0.4, -0.2) is 33.0 Å². The van der Waals surface area contributed by atoms with E-state index in [-0.39, 0.29) is 5.91 Å². The maximum absolute atomic E-state index is 13.1. The van der Waals surface area contributed by atoms with Gasteiger partial charge >= 0.3 is 0 Å². The van der Waals surface area contributed by atoms with Crippen LogP contribution in [0, 0.1) is 0 Å². The van der Waals surface area contributed by atoms with Crippen LogP contribution in [0.15, 0.2) is 48.2 Å². The first kappa shape index (κ1) is 15.7. The van der Waals surface area contributed by atoms with Crippen LogP contribution in [0.2, 0.25) is 0 Å². The van der Waals surface area contributed by atoms with Gasteiger partial charge in [-0.2, -0.15) is 0 Å². The van der Waals surface area contributed by atoms with E-state index in [2.05, 4.69) is 15.0 Å². The minimum atomic E-state index is -0.465. The molecule has 0 saturated heterocycles. The third-order valence-corrected chi connectivity index (χ3v) is 4.70. The summed E-state index contributed by atoms with van der Waals surface area (Å²) in [4.78, 5) is 27.5. The van der Waals surface area contributed by atoms with Gasteiger partial charge in [-0.3, -0.25) is 19.7 Å². The molecule has 0 aliphatic carbocycles. The molecule has 0 saturated carbocycles. The maximum atomic E-state index is 13.1. The molecule has 1 aromatic carbocycles. The van der Waals surface area contributed by atoms with Crippen LogP contribution in [0.5, 0.6) is 5.75 Å². The lowest BCUT2D eigenvalue weighted by molar-refractivity contribution is 0.0834. The normalized spacial score (nSPS) is 15.4. The van der Waals surface area contributed by atoms with Crippen molar-refractivity contribution in [1.82, 2.24) is 15.0 Å². The number of fused-ring (bicyclic) bond motifs is 1. The number of carbonyl (C=O) groups is 1. The number of carbonyl (C=O) groups excluding carboxylic acids is 1. The van der Waals surface area contributed by atoms with Gasteiger partial charge in [0.2, 0.25) is 0 Å². The van der Waals surface area contributed by atoms with Gasteiger partial charge in [0.05, 0.1) is 18.4 Å². The molecule has 1 aliphatic rings. The molecule has 4 rings (SSSR count). The van der Waals surface area contributed by atoms with Crippen LogP contribution in [0.25, 0.3) is 10.7 Å². The molecule has 2 aromatic heterocycles. The molecule has 126 valence electrons. The highest BCUT2D eigenvalue weighted by molar-refractivity contribution is 7.13. The van der Waals surface area contributed by atoms with E-state index in [0.717, 1.165) is 5.69 Å². The van der Waals surface area contributed by atoms with E-state index in [0.29, 0.717) is 28.7 Å². The van der Waals surface area contributed by atoms with E-state index in [1.54, 1.807) is 28.9 Å². The number of hydrogen-bond donors (Lipinski definition) is 0. The Kier molecular flexibility index (Phi) is 3.73. The molecule has 3 aromatic rings. The molecule has 1 amide bonds. The fourth-order valence-electron chi connectivity index (χ4n) is 2.78. The van der Waals surface area contributed by atoms with E-state index >= 15 is 0 Å². The Balaban J connectivity index is 1.69. The molecule has 3 heterocycles. The molecule has 0 unspecified atom stereocenters. The van der Waals surface area contributed by atoms with Crippen molar-refractivity contribution in [2.24, 2.45) is 0 Å². The second-order valence-corrected chi connectivity index (χ2v) is 7.21. The van der Waals surface area contributed by atoms with Crippen molar-refractivity contribution in [1.29, 1.82) is 0 Å². The highest BCUT2D eigenvalue weighted by Gasteiger charge is 2.35. The van der Waals surface area contributed by atoms with Crippen LogP contribution >= 0.6 is 11.3 Å². The van der Waals surface area contributed by atoms with Crippen molar-refractivity contribution in [3.8, 4) is 16.5 Å². The molecular formula is C18H16N4O2S. The summed E-state index contributed by atoms with van der Waals surface area (Å²) in [7, 11) is 0. The van der Waals surface area contributed by atoms with Gasteiger partial charge in [-0.25, -0.2) is 4.98 Å². The van der Waals surface area contributed by atoms with Gasteiger partial charge in [0.15, 0.2) is 0 Å².